The van der Waals surface area contributed by atoms with Crippen molar-refractivity contribution < 1.29 is 9.94 Å². The normalized spacial score (nSPS) is 11.4. The molecule has 0 saturated heterocycles. The van der Waals surface area contributed by atoms with Gasteiger partial charge in [-0.15, -0.1) is 0 Å². The Hall–Kier alpha value is -2.29. The van der Waals surface area contributed by atoms with Gasteiger partial charge in [-0.3, -0.25) is 0 Å². The summed E-state index contributed by atoms with van der Waals surface area (Å²) in [6.07, 6.45) is 1.59. The van der Waals surface area contributed by atoms with E-state index in [-0.39, 0.29) is 0 Å². The van der Waals surface area contributed by atoms with Gasteiger partial charge in [0.15, 0.2) is 0 Å². The lowest BCUT2D eigenvalue weighted by Crippen LogP contribution is -1.98. The van der Waals surface area contributed by atoms with E-state index < -0.39 is 0 Å². The molecule has 0 aliphatic heterocycles. The topological polar surface area (TPSA) is 41.8 Å². The average molecular weight is 283 g/mol. The van der Waals surface area contributed by atoms with Crippen LogP contribution in [-0.2, 0) is 13.0 Å². The molecule has 0 aliphatic rings. The van der Waals surface area contributed by atoms with Gasteiger partial charge in [-0.2, -0.15) is 0 Å². The minimum atomic E-state index is 0.570. The molecule has 0 bridgehead atoms. The van der Waals surface area contributed by atoms with Crippen molar-refractivity contribution >= 4 is 5.71 Å². The summed E-state index contributed by atoms with van der Waals surface area (Å²) in [5.74, 6) is 0.867. The number of oxime groups is 1. The molecule has 0 saturated carbocycles. The predicted octanol–water partition coefficient (Wildman–Crippen LogP) is 4.36. The number of hydrogen-bond acceptors (Lipinski definition) is 3. The van der Waals surface area contributed by atoms with E-state index in [4.69, 9.17) is 9.94 Å². The first-order valence-electron chi connectivity index (χ1n) is 7.12. The quantitative estimate of drug-likeness (QED) is 0.486. The first kappa shape index (κ1) is 15.1. The smallest absolute Gasteiger partial charge is 0.120 e. The van der Waals surface area contributed by atoms with Gasteiger partial charge in [-0.05, 0) is 49.9 Å². The van der Waals surface area contributed by atoms with Crippen LogP contribution in [0.25, 0.3) is 0 Å². The number of rotatable bonds is 6. The zero-order valence-electron chi connectivity index (χ0n) is 12.5. The van der Waals surface area contributed by atoms with E-state index in [0.29, 0.717) is 6.61 Å². The monoisotopic (exact) mass is 283 g/mol. The van der Waals surface area contributed by atoms with E-state index in [0.717, 1.165) is 29.9 Å². The van der Waals surface area contributed by atoms with Crippen LogP contribution in [0.5, 0.6) is 5.75 Å². The molecule has 110 valence electrons. The van der Waals surface area contributed by atoms with Crippen LogP contribution in [0.3, 0.4) is 0 Å². The van der Waals surface area contributed by atoms with Crippen LogP contribution < -0.4 is 4.74 Å². The van der Waals surface area contributed by atoms with Gasteiger partial charge >= 0.3 is 0 Å². The van der Waals surface area contributed by atoms with Crippen LogP contribution >= 0.6 is 0 Å². The van der Waals surface area contributed by atoms with E-state index in [1.165, 1.54) is 11.1 Å². The van der Waals surface area contributed by atoms with Crippen LogP contribution in [0.2, 0.25) is 0 Å². The van der Waals surface area contributed by atoms with Gasteiger partial charge in [0.25, 0.3) is 0 Å². The number of hydrogen-bond donors (Lipinski definition) is 1. The molecular formula is C18H21NO2. The van der Waals surface area contributed by atoms with Crippen LogP contribution in [0.15, 0.2) is 53.7 Å². The molecule has 3 nitrogen and oxygen atoms in total. The van der Waals surface area contributed by atoms with Crippen LogP contribution in [-0.4, -0.2) is 10.9 Å². The van der Waals surface area contributed by atoms with Gasteiger partial charge < -0.3 is 9.94 Å². The summed E-state index contributed by atoms with van der Waals surface area (Å²) in [5.41, 5.74) is 4.33. The fourth-order valence-corrected chi connectivity index (χ4v) is 2.02. The Morgan fingerprint density at radius 3 is 2.57 bits per heavy atom. The zero-order valence-corrected chi connectivity index (χ0v) is 12.5. The summed E-state index contributed by atoms with van der Waals surface area (Å²) in [5, 5.41) is 11.9. The van der Waals surface area contributed by atoms with Gasteiger partial charge in [-0.1, -0.05) is 47.1 Å². The highest BCUT2D eigenvalue weighted by atomic mass is 16.5. The second-order valence-electron chi connectivity index (χ2n) is 5.26. The summed E-state index contributed by atoms with van der Waals surface area (Å²) in [4.78, 5) is 0. The molecule has 1 N–H and O–H groups in total. The van der Waals surface area contributed by atoms with E-state index in [1.54, 1.807) is 0 Å². The molecule has 0 radical (unpaired) electrons. The van der Waals surface area contributed by atoms with Crippen molar-refractivity contribution in [2.45, 2.75) is 33.3 Å². The Labute approximate surface area is 125 Å². The molecule has 0 heterocycles. The fraction of sp³-hybridized carbons (Fsp3) is 0.278. The minimum Gasteiger partial charge on any atom is -0.489 e. The Balaban J connectivity index is 1.93. The maximum Gasteiger partial charge on any atom is 0.120 e. The van der Waals surface area contributed by atoms with Crippen molar-refractivity contribution in [2.75, 3.05) is 0 Å². The fourth-order valence-electron chi connectivity index (χ4n) is 2.02. The maximum absolute atomic E-state index is 8.66. The predicted molar refractivity (Wildman–Crippen MR) is 85.2 cm³/mol. The van der Waals surface area contributed by atoms with Gasteiger partial charge in [0.05, 0.1) is 5.71 Å². The summed E-state index contributed by atoms with van der Waals surface area (Å²) >= 11 is 0. The van der Waals surface area contributed by atoms with Crippen LogP contribution in [0.4, 0.5) is 0 Å². The van der Waals surface area contributed by atoms with Crippen molar-refractivity contribution in [3.05, 3.63) is 65.2 Å². The highest BCUT2D eigenvalue weighted by Crippen LogP contribution is 2.16. The number of aryl methyl sites for hydroxylation is 2. The Bertz CT molecular complexity index is 603. The van der Waals surface area contributed by atoms with Gasteiger partial charge in [0.2, 0.25) is 0 Å². The molecule has 0 amide bonds. The molecule has 3 heteroatoms. The molecule has 2 aromatic rings. The minimum absolute atomic E-state index is 0.570. The van der Waals surface area contributed by atoms with E-state index in [9.17, 15) is 0 Å². The number of nitrogens with zero attached hydrogens (tertiary/aromatic N) is 1. The third-order valence-corrected chi connectivity index (χ3v) is 3.37. The molecule has 0 unspecified atom stereocenters. The SMILES string of the molecule is C/C(CCc1cccc(OCc2ccc(C)cc2)c1)=N\O. The lowest BCUT2D eigenvalue weighted by atomic mass is 10.1. The van der Waals surface area contributed by atoms with Crippen molar-refractivity contribution in [3.63, 3.8) is 0 Å². The summed E-state index contributed by atoms with van der Waals surface area (Å²) in [6.45, 7) is 4.46. The largest absolute Gasteiger partial charge is 0.489 e. The van der Waals surface area contributed by atoms with Gasteiger partial charge in [0, 0.05) is 0 Å². The third kappa shape index (κ3) is 4.95. The van der Waals surface area contributed by atoms with Crippen LogP contribution in [0, 0.1) is 6.92 Å². The lowest BCUT2D eigenvalue weighted by molar-refractivity contribution is 0.306. The Morgan fingerprint density at radius 2 is 1.86 bits per heavy atom. The van der Waals surface area contributed by atoms with E-state index >= 15 is 0 Å². The highest BCUT2D eigenvalue weighted by Gasteiger charge is 2.00. The molecule has 2 rings (SSSR count). The van der Waals surface area contributed by atoms with Crippen molar-refractivity contribution in [3.8, 4) is 5.75 Å². The lowest BCUT2D eigenvalue weighted by Gasteiger charge is -2.08. The summed E-state index contributed by atoms with van der Waals surface area (Å²) < 4.78 is 5.83. The summed E-state index contributed by atoms with van der Waals surface area (Å²) in [7, 11) is 0. The third-order valence-electron chi connectivity index (χ3n) is 3.37. The molecule has 0 aromatic heterocycles. The average Bonchev–Trinajstić information content (AvgIpc) is 2.52. The van der Waals surface area contributed by atoms with Crippen molar-refractivity contribution in [1.29, 1.82) is 0 Å². The van der Waals surface area contributed by atoms with Gasteiger partial charge in [-0.25, -0.2) is 0 Å². The molecule has 0 atom stereocenters. The summed E-state index contributed by atoms with van der Waals surface area (Å²) in [6, 6.07) is 16.4. The Morgan fingerprint density at radius 1 is 1.10 bits per heavy atom. The van der Waals surface area contributed by atoms with Crippen molar-refractivity contribution in [2.24, 2.45) is 5.16 Å². The second kappa shape index (κ2) is 7.48. The molecule has 2 aromatic carbocycles. The highest BCUT2D eigenvalue weighted by molar-refractivity contribution is 5.81. The molecule has 0 spiro atoms. The second-order valence-corrected chi connectivity index (χ2v) is 5.26. The van der Waals surface area contributed by atoms with Gasteiger partial charge in [0.1, 0.15) is 12.4 Å². The van der Waals surface area contributed by atoms with E-state index in [2.05, 4.69) is 42.4 Å². The molecule has 0 aliphatic carbocycles. The first-order chi connectivity index (χ1) is 10.2. The molecule has 0 fully saturated rings. The van der Waals surface area contributed by atoms with E-state index in [1.807, 2.05) is 25.1 Å². The number of ether oxygens (including phenoxy) is 1. The van der Waals surface area contributed by atoms with Crippen molar-refractivity contribution in [1.82, 2.24) is 0 Å². The zero-order chi connectivity index (χ0) is 15.1. The molecular weight excluding hydrogens is 262 g/mol. The standard InChI is InChI=1S/C18H21NO2/c1-14-6-9-17(10-7-14)13-21-18-5-3-4-16(12-18)11-8-15(2)19-20/h3-7,9-10,12,20H,8,11,13H2,1-2H3/b19-15+. The maximum atomic E-state index is 8.66. The van der Waals surface area contributed by atoms with Crippen LogP contribution in [0.1, 0.15) is 30.0 Å². The molecule has 21 heavy (non-hydrogen) atoms. The number of benzene rings is 2. The first-order valence-corrected chi connectivity index (χ1v) is 7.12. The Kier molecular flexibility index (Phi) is 5.38.